The van der Waals surface area contributed by atoms with Gasteiger partial charge in [-0.25, -0.2) is 23.1 Å². The van der Waals surface area contributed by atoms with Gasteiger partial charge in [0, 0.05) is 36.0 Å². The highest BCUT2D eigenvalue weighted by atomic mass is 32.2. The Kier molecular flexibility index (Phi) is 6.49. The van der Waals surface area contributed by atoms with Gasteiger partial charge in [-0.3, -0.25) is 5.10 Å². The van der Waals surface area contributed by atoms with Crippen molar-refractivity contribution in [2.45, 2.75) is 88.1 Å². The summed E-state index contributed by atoms with van der Waals surface area (Å²) in [6.07, 6.45) is 11.1. The summed E-state index contributed by atoms with van der Waals surface area (Å²) in [6.45, 7) is 2.58. The summed E-state index contributed by atoms with van der Waals surface area (Å²) in [5.41, 5.74) is 2.36. The van der Waals surface area contributed by atoms with Crippen LogP contribution in [-0.2, 0) is 16.6 Å². The lowest BCUT2D eigenvalue weighted by molar-refractivity contribution is 0.326. The van der Waals surface area contributed by atoms with Crippen LogP contribution in [0, 0.1) is 0 Å². The van der Waals surface area contributed by atoms with Crippen molar-refractivity contribution in [2.75, 3.05) is 5.32 Å². The van der Waals surface area contributed by atoms with E-state index in [1.807, 2.05) is 19.1 Å². The molecule has 0 spiro atoms. The Bertz CT molecular complexity index is 1100. The van der Waals surface area contributed by atoms with E-state index in [1.165, 1.54) is 24.1 Å². The van der Waals surface area contributed by atoms with E-state index in [0.717, 1.165) is 43.1 Å². The number of H-pyrrole nitrogens is 1. The van der Waals surface area contributed by atoms with Crippen LogP contribution in [-0.4, -0.2) is 45.9 Å². The van der Waals surface area contributed by atoms with Gasteiger partial charge in [-0.2, -0.15) is 5.10 Å². The predicted molar refractivity (Wildman–Crippen MR) is 128 cm³/mol. The minimum atomic E-state index is -3.25. The standard InChI is InChI=1S/C23H33N7O2S/c1-15-2-9-19(12-15)33(31,32)30-18-7-5-17(6-8-18)25-14-23-24-11-10-21(27-23)26-22-13-20(28-29-22)16-3-4-16/h2,10-11,13,16-19,25,30H,3-9,12,14H2,1H3,(H2,24,26,27,28,29). The molecule has 2 aromatic heterocycles. The van der Waals surface area contributed by atoms with Crippen LogP contribution >= 0.6 is 0 Å². The zero-order valence-electron chi connectivity index (χ0n) is 19.0. The van der Waals surface area contributed by atoms with E-state index in [-0.39, 0.29) is 11.3 Å². The van der Waals surface area contributed by atoms with E-state index in [1.54, 1.807) is 6.20 Å². The zero-order valence-corrected chi connectivity index (χ0v) is 19.9. The van der Waals surface area contributed by atoms with Gasteiger partial charge < -0.3 is 10.6 Å². The molecular formula is C23H33N7O2S. The number of anilines is 2. The number of aromatic nitrogens is 4. The Hall–Kier alpha value is -2.30. The maximum absolute atomic E-state index is 12.7. The Morgan fingerprint density at radius 3 is 2.61 bits per heavy atom. The van der Waals surface area contributed by atoms with Gasteiger partial charge in [0.15, 0.2) is 5.82 Å². The molecule has 33 heavy (non-hydrogen) atoms. The molecule has 0 aliphatic heterocycles. The van der Waals surface area contributed by atoms with Gasteiger partial charge in [0.2, 0.25) is 10.0 Å². The normalized spacial score (nSPS) is 25.7. The summed E-state index contributed by atoms with van der Waals surface area (Å²) in [7, 11) is -3.25. The van der Waals surface area contributed by atoms with Gasteiger partial charge in [0.05, 0.1) is 11.8 Å². The number of hydrogen-bond donors (Lipinski definition) is 4. The molecule has 0 bridgehead atoms. The molecule has 2 saturated carbocycles. The second kappa shape index (κ2) is 9.52. The van der Waals surface area contributed by atoms with E-state index in [9.17, 15) is 8.42 Å². The third-order valence-corrected chi connectivity index (χ3v) is 8.80. The Balaban J connectivity index is 1.07. The molecule has 0 amide bonds. The lowest BCUT2D eigenvalue weighted by atomic mass is 9.92. The van der Waals surface area contributed by atoms with Crippen LogP contribution in [0.2, 0.25) is 0 Å². The van der Waals surface area contributed by atoms with Crippen molar-refractivity contribution in [3.8, 4) is 0 Å². The molecule has 1 atom stereocenters. The van der Waals surface area contributed by atoms with Crippen LogP contribution in [0.3, 0.4) is 0 Å². The number of rotatable bonds is 9. The number of allylic oxidation sites excluding steroid dienone is 2. The Morgan fingerprint density at radius 2 is 1.88 bits per heavy atom. The van der Waals surface area contributed by atoms with E-state index in [4.69, 9.17) is 0 Å². The largest absolute Gasteiger partial charge is 0.323 e. The first-order valence-corrected chi connectivity index (χ1v) is 13.5. The number of hydrogen-bond acceptors (Lipinski definition) is 7. The first-order chi connectivity index (χ1) is 15.9. The van der Waals surface area contributed by atoms with Crippen molar-refractivity contribution in [3.63, 3.8) is 0 Å². The highest BCUT2D eigenvalue weighted by Crippen LogP contribution is 2.39. The van der Waals surface area contributed by atoms with Gasteiger partial charge in [-0.15, -0.1) is 0 Å². The van der Waals surface area contributed by atoms with Gasteiger partial charge in [0.25, 0.3) is 0 Å². The molecule has 0 saturated heterocycles. The average molecular weight is 472 g/mol. The second-order valence-corrected chi connectivity index (χ2v) is 11.7. The van der Waals surface area contributed by atoms with Crippen LogP contribution in [0.25, 0.3) is 0 Å². The van der Waals surface area contributed by atoms with Crippen molar-refractivity contribution in [1.29, 1.82) is 0 Å². The molecule has 3 aliphatic rings. The smallest absolute Gasteiger partial charge is 0.215 e. The highest BCUT2D eigenvalue weighted by Gasteiger charge is 2.32. The SMILES string of the molecule is CC1=CCC(S(=O)(=O)NC2CCC(NCc3nccc(Nc4cc(C5CC5)[nH]n4)n3)CC2)C1. The zero-order chi connectivity index (χ0) is 22.8. The third kappa shape index (κ3) is 5.80. The van der Waals surface area contributed by atoms with Crippen LogP contribution in [0.4, 0.5) is 11.6 Å². The summed E-state index contributed by atoms with van der Waals surface area (Å²) in [5.74, 6) is 2.86. The van der Waals surface area contributed by atoms with E-state index in [0.29, 0.717) is 31.3 Å². The van der Waals surface area contributed by atoms with Crippen LogP contribution in [0.5, 0.6) is 0 Å². The van der Waals surface area contributed by atoms with E-state index < -0.39 is 10.0 Å². The fourth-order valence-electron chi connectivity index (χ4n) is 4.76. The Morgan fingerprint density at radius 1 is 1.09 bits per heavy atom. The number of sulfonamides is 1. The van der Waals surface area contributed by atoms with Gasteiger partial charge in [-0.1, -0.05) is 11.6 Å². The van der Waals surface area contributed by atoms with Crippen molar-refractivity contribution in [1.82, 2.24) is 30.2 Å². The molecule has 0 aromatic carbocycles. The van der Waals surface area contributed by atoms with Crippen LogP contribution < -0.4 is 15.4 Å². The molecule has 178 valence electrons. The topological polar surface area (TPSA) is 125 Å². The maximum atomic E-state index is 12.7. The number of aromatic amines is 1. The summed E-state index contributed by atoms with van der Waals surface area (Å²) in [6, 6.07) is 4.27. The van der Waals surface area contributed by atoms with Crippen LogP contribution in [0.15, 0.2) is 30.0 Å². The maximum Gasteiger partial charge on any atom is 0.215 e. The van der Waals surface area contributed by atoms with Gasteiger partial charge >= 0.3 is 0 Å². The molecule has 4 N–H and O–H groups in total. The quantitative estimate of drug-likeness (QED) is 0.414. The van der Waals surface area contributed by atoms with Gasteiger partial charge in [0.1, 0.15) is 11.6 Å². The summed E-state index contributed by atoms with van der Waals surface area (Å²) in [5, 5.41) is 13.9. The molecule has 1 unspecified atom stereocenters. The lowest BCUT2D eigenvalue weighted by Gasteiger charge is -2.30. The van der Waals surface area contributed by atoms with E-state index >= 15 is 0 Å². The monoisotopic (exact) mass is 471 g/mol. The van der Waals surface area contributed by atoms with Crippen molar-refractivity contribution in [3.05, 3.63) is 41.5 Å². The lowest BCUT2D eigenvalue weighted by Crippen LogP contribution is -2.44. The first kappa shape index (κ1) is 22.5. The fourth-order valence-corrected chi connectivity index (χ4v) is 6.49. The van der Waals surface area contributed by atoms with Crippen molar-refractivity contribution < 1.29 is 8.42 Å². The number of nitrogens with one attached hydrogen (secondary N) is 4. The average Bonchev–Trinajstić information content (AvgIpc) is 3.38. The molecular weight excluding hydrogens is 438 g/mol. The first-order valence-electron chi connectivity index (χ1n) is 12.0. The second-order valence-electron chi connectivity index (χ2n) is 9.67. The summed E-state index contributed by atoms with van der Waals surface area (Å²) < 4.78 is 28.3. The minimum absolute atomic E-state index is 0.0344. The summed E-state index contributed by atoms with van der Waals surface area (Å²) >= 11 is 0. The highest BCUT2D eigenvalue weighted by molar-refractivity contribution is 7.90. The van der Waals surface area contributed by atoms with Crippen molar-refractivity contribution in [2.24, 2.45) is 0 Å². The van der Waals surface area contributed by atoms with Crippen LogP contribution in [0.1, 0.15) is 75.7 Å². The fraction of sp³-hybridized carbons (Fsp3) is 0.609. The Labute approximate surface area is 195 Å². The van der Waals surface area contributed by atoms with E-state index in [2.05, 4.69) is 41.6 Å². The number of nitrogens with zero attached hydrogens (tertiary/aromatic N) is 3. The molecule has 5 rings (SSSR count). The molecule has 2 fully saturated rings. The summed E-state index contributed by atoms with van der Waals surface area (Å²) in [4.78, 5) is 8.98. The third-order valence-electron chi connectivity index (χ3n) is 6.90. The molecule has 2 heterocycles. The minimum Gasteiger partial charge on any atom is -0.323 e. The predicted octanol–water partition coefficient (Wildman–Crippen LogP) is 3.25. The molecule has 3 aliphatic carbocycles. The molecule has 0 radical (unpaired) electrons. The molecule has 2 aromatic rings. The molecule has 9 nitrogen and oxygen atoms in total. The molecule has 10 heteroatoms. The van der Waals surface area contributed by atoms with Gasteiger partial charge in [-0.05, 0) is 64.4 Å². The van der Waals surface area contributed by atoms with Crippen molar-refractivity contribution >= 4 is 21.7 Å².